The molecular weight excluding hydrogens is 262 g/mol. The number of hydrogen-bond donors (Lipinski definition) is 2. The Balaban J connectivity index is 2.10. The highest BCUT2D eigenvalue weighted by atomic mass is 32.1. The van der Waals surface area contributed by atoms with Crippen LogP contribution >= 0.6 is 23.6 Å². The van der Waals surface area contributed by atoms with E-state index >= 15 is 0 Å². The second kappa shape index (κ2) is 5.46. The van der Waals surface area contributed by atoms with Gasteiger partial charge in [-0.3, -0.25) is 0 Å². The van der Waals surface area contributed by atoms with Gasteiger partial charge >= 0.3 is 0 Å². The quantitative estimate of drug-likeness (QED) is 0.838. The summed E-state index contributed by atoms with van der Waals surface area (Å²) in [6.45, 7) is 4.27. The highest BCUT2D eigenvalue weighted by Gasteiger charge is 2.05. The summed E-state index contributed by atoms with van der Waals surface area (Å²) in [5.74, 6) is 0.453. The van der Waals surface area contributed by atoms with Gasteiger partial charge in [0, 0.05) is 16.6 Å². The molecule has 0 aliphatic rings. The van der Waals surface area contributed by atoms with E-state index in [4.69, 9.17) is 18.0 Å². The number of thiazole rings is 1. The molecule has 0 radical (unpaired) electrons. The van der Waals surface area contributed by atoms with E-state index in [-0.39, 0.29) is 0 Å². The molecule has 3 N–H and O–H groups in total. The van der Waals surface area contributed by atoms with Gasteiger partial charge in [0.1, 0.15) is 4.99 Å². The van der Waals surface area contributed by atoms with Gasteiger partial charge in [-0.2, -0.15) is 0 Å². The molecule has 0 saturated carbocycles. The Labute approximate surface area is 116 Å². The summed E-state index contributed by atoms with van der Waals surface area (Å²) in [5.41, 5.74) is 8.53. The summed E-state index contributed by atoms with van der Waals surface area (Å²) in [6, 6.07) is 7.71. The smallest absolute Gasteiger partial charge is 0.187 e. The Morgan fingerprint density at radius 1 is 1.33 bits per heavy atom. The van der Waals surface area contributed by atoms with Gasteiger partial charge in [0.15, 0.2) is 5.13 Å². The summed E-state index contributed by atoms with van der Waals surface area (Å²) in [5, 5.41) is 6.25. The first-order valence-electron chi connectivity index (χ1n) is 5.68. The van der Waals surface area contributed by atoms with Crippen molar-refractivity contribution in [2.45, 2.75) is 19.8 Å². The number of anilines is 2. The molecule has 1 heterocycles. The van der Waals surface area contributed by atoms with Crippen LogP contribution in [-0.4, -0.2) is 9.97 Å². The Hall–Kier alpha value is -1.46. The Kier molecular flexibility index (Phi) is 3.93. The van der Waals surface area contributed by atoms with Crippen LogP contribution in [0.1, 0.15) is 31.0 Å². The first-order chi connectivity index (χ1) is 8.56. The third kappa shape index (κ3) is 3.05. The van der Waals surface area contributed by atoms with E-state index in [0.717, 1.165) is 22.1 Å². The molecule has 0 amide bonds. The van der Waals surface area contributed by atoms with E-state index in [0.29, 0.717) is 10.9 Å². The van der Waals surface area contributed by atoms with Crippen molar-refractivity contribution in [2.75, 3.05) is 5.32 Å². The van der Waals surface area contributed by atoms with E-state index in [2.05, 4.69) is 29.5 Å². The predicted octanol–water partition coefficient (Wildman–Crippen LogP) is 3.64. The lowest BCUT2D eigenvalue weighted by atomic mass is 10.2. The average molecular weight is 277 g/mol. The van der Waals surface area contributed by atoms with Crippen LogP contribution in [0.25, 0.3) is 0 Å². The summed E-state index contributed by atoms with van der Waals surface area (Å²) in [7, 11) is 0. The molecule has 0 fully saturated rings. The van der Waals surface area contributed by atoms with E-state index in [9.17, 15) is 0 Å². The number of aromatic nitrogens is 1. The lowest BCUT2D eigenvalue weighted by Gasteiger charge is -2.04. The minimum Gasteiger partial charge on any atom is -0.389 e. The largest absolute Gasteiger partial charge is 0.389 e. The first kappa shape index (κ1) is 13.0. The van der Waals surface area contributed by atoms with Crippen molar-refractivity contribution >= 4 is 39.4 Å². The number of benzene rings is 1. The number of rotatable bonds is 4. The second-order valence-corrected chi connectivity index (χ2v) is 5.60. The molecule has 0 aliphatic carbocycles. The van der Waals surface area contributed by atoms with Gasteiger partial charge in [-0.15, -0.1) is 11.3 Å². The SMILES string of the molecule is CC(C)c1csc(Nc2ccc(C(N)=S)cc2)n1. The maximum absolute atomic E-state index is 5.55. The van der Waals surface area contributed by atoms with Crippen LogP contribution in [0.4, 0.5) is 10.8 Å². The van der Waals surface area contributed by atoms with E-state index in [1.54, 1.807) is 11.3 Å². The summed E-state index contributed by atoms with van der Waals surface area (Å²) < 4.78 is 0. The van der Waals surface area contributed by atoms with Gasteiger partial charge in [-0.25, -0.2) is 4.98 Å². The fraction of sp³-hybridized carbons (Fsp3) is 0.231. The Morgan fingerprint density at radius 3 is 2.50 bits per heavy atom. The van der Waals surface area contributed by atoms with Crippen molar-refractivity contribution in [3.63, 3.8) is 0 Å². The van der Waals surface area contributed by atoms with Crippen molar-refractivity contribution in [2.24, 2.45) is 5.73 Å². The zero-order valence-electron chi connectivity index (χ0n) is 10.3. The molecule has 0 unspecified atom stereocenters. The molecule has 2 rings (SSSR count). The highest BCUT2D eigenvalue weighted by molar-refractivity contribution is 7.80. The third-order valence-corrected chi connectivity index (χ3v) is 3.55. The first-order valence-corrected chi connectivity index (χ1v) is 6.97. The van der Waals surface area contributed by atoms with Crippen LogP contribution < -0.4 is 11.1 Å². The minimum atomic E-state index is 0.415. The molecular formula is C13H15N3S2. The van der Waals surface area contributed by atoms with Crippen LogP contribution in [0.15, 0.2) is 29.6 Å². The molecule has 0 bridgehead atoms. The van der Waals surface area contributed by atoms with Gasteiger partial charge in [0.05, 0.1) is 5.69 Å². The van der Waals surface area contributed by atoms with Crippen LogP contribution in [0.2, 0.25) is 0 Å². The summed E-state index contributed by atoms with van der Waals surface area (Å²) in [4.78, 5) is 4.93. The standard InChI is InChI=1S/C13H15N3S2/c1-8(2)11-7-18-13(16-11)15-10-5-3-9(4-6-10)12(14)17/h3-8H,1-2H3,(H2,14,17)(H,15,16). The van der Waals surface area contributed by atoms with E-state index in [1.165, 1.54) is 0 Å². The van der Waals surface area contributed by atoms with Gasteiger partial charge < -0.3 is 11.1 Å². The summed E-state index contributed by atoms with van der Waals surface area (Å²) in [6.07, 6.45) is 0. The molecule has 94 valence electrons. The predicted molar refractivity (Wildman–Crippen MR) is 81.8 cm³/mol. The fourth-order valence-electron chi connectivity index (χ4n) is 1.45. The van der Waals surface area contributed by atoms with E-state index < -0.39 is 0 Å². The van der Waals surface area contributed by atoms with Crippen LogP contribution in [0.3, 0.4) is 0 Å². The minimum absolute atomic E-state index is 0.415. The number of nitrogens with two attached hydrogens (primary N) is 1. The molecule has 5 heteroatoms. The van der Waals surface area contributed by atoms with Crippen molar-refractivity contribution in [1.29, 1.82) is 0 Å². The molecule has 1 aromatic heterocycles. The number of hydrogen-bond acceptors (Lipinski definition) is 4. The zero-order valence-corrected chi connectivity index (χ0v) is 11.9. The molecule has 18 heavy (non-hydrogen) atoms. The average Bonchev–Trinajstić information content (AvgIpc) is 2.78. The lowest BCUT2D eigenvalue weighted by molar-refractivity contribution is 0.834. The van der Waals surface area contributed by atoms with Crippen LogP contribution in [0.5, 0.6) is 0 Å². The molecule has 3 nitrogen and oxygen atoms in total. The Morgan fingerprint density at radius 2 is 2.00 bits per heavy atom. The zero-order chi connectivity index (χ0) is 13.1. The van der Waals surface area contributed by atoms with Gasteiger partial charge in [0.2, 0.25) is 0 Å². The van der Waals surface area contributed by atoms with Crippen molar-refractivity contribution < 1.29 is 0 Å². The van der Waals surface area contributed by atoms with Crippen LogP contribution in [0, 0.1) is 0 Å². The summed E-state index contributed by atoms with van der Waals surface area (Å²) >= 11 is 6.52. The number of nitrogens with one attached hydrogen (secondary N) is 1. The molecule has 2 aromatic rings. The van der Waals surface area contributed by atoms with Gasteiger partial charge in [-0.05, 0) is 30.2 Å². The van der Waals surface area contributed by atoms with E-state index in [1.807, 2.05) is 24.3 Å². The van der Waals surface area contributed by atoms with Crippen molar-refractivity contribution in [1.82, 2.24) is 4.98 Å². The number of nitrogens with zero attached hydrogens (tertiary/aromatic N) is 1. The number of thiocarbonyl (C=S) groups is 1. The second-order valence-electron chi connectivity index (χ2n) is 4.30. The van der Waals surface area contributed by atoms with Crippen molar-refractivity contribution in [3.8, 4) is 0 Å². The van der Waals surface area contributed by atoms with Gasteiger partial charge in [0.25, 0.3) is 0 Å². The normalized spacial score (nSPS) is 10.6. The maximum atomic E-state index is 5.55. The lowest BCUT2D eigenvalue weighted by Crippen LogP contribution is -2.08. The third-order valence-electron chi connectivity index (χ3n) is 2.53. The topological polar surface area (TPSA) is 50.9 Å². The van der Waals surface area contributed by atoms with Crippen molar-refractivity contribution in [3.05, 3.63) is 40.9 Å². The van der Waals surface area contributed by atoms with Gasteiger partial charge in [-0.1, -0.05) is 26.1 Å². The molecule has 0 spiro atoms. The molecule has 0 atom stereocenters. The molecule has 1 aromatic carbocycles. The van der Waals surface area contributed by atoms with Crippen LogP contribution in [-0.2, 0) is 0 Å². The molecule has 0 aliphatic heterocycles. The molecule has 0 saturated heterocycles. The fourth-order valence-corrected chi connectivity index (χ4v) is 2.48. The Bertz CT molecular complexity index is 544. The highest BCUT2D eigenvalue weighted by Crippen LogP contribution is 2.24. The maximum Gasteiger partial charge on any atom is 0.187 e. The monoisotopic (exact) mass is 277 g/mol.